The smallest absolute Gasteiger partial charge is 0.191 e. The quantitative estimate of drug-likeness (QED) is 0.146. The third-order valence-corrected chi connectivity index (χ3v) is 6.04. The fraction of sp³-hybridized carbons (Fsp3) is 0.591. The van der Waals surface area contributed by atoms with E-state index < -0.39 is 0 Å². The molecular formula is C22H34FIN6S. The van der Waals surface area contributed by atoms with Crippen molar-refractivity contribution >= 4 is 41.7 Å². The molecule has 0 atom stereocenters. The van der Waals surface area contributed by atoms with Gasteiger partial charge in [0, 0.05) is 32.1 Å². The second-order valence-corrected chi connectivity index (χ2v) is 8.35. The van der Waals surface area contributed by atoms with E-state index in [1.807, 2.05) is 12.1 Å². The zero-order chi connectivity index (χ0) is 21.2. The molecule has 1 aromatic heterocycles. The summed E-state index contributed by atoms with van der Waals surface area (Å²) in [6.45, 7) is 4.36. The fourth-order valence-corrected chi connectivity index (χ4v) is 4.47. The van der Waals surface area contributed by atoms with Gasteiger partial charge in [0.25, 0.3) is 0 Å². The molecule has 1 fully saturated rings. The van der Waals surface area contributed by atoms with Gasteiger partial charge in [0.15, 0.2) is 11.1 Å². The molecule has 31 heavy (non-hydrogen) atoms. The van der Waals surface area contributed by atoms with Crippen LogP contribution >= 0.6 is 35.7 Å². The van der Waals surface area contributed by atoms with Crippen LogP contribution in [0.1, 0.15) is 56.5 Å². The van der Waals surface area contributed by atoms with Crippen molar-refractivity contribution in [3.8, 4) is 0 Å². The lowest BCUT2D eigenvalue weighted by molar-refractivity contribution is 0.461. The van der Waals surface area contributed by atoms with Crippen molar-refractivity contribution in [2.24, 2.45) is 4.99 Å². The maximum absolute atomic E-state index is 13.0. The van der Waals surface area contributed by atoms with E-state index in [2.05, 4.69) is 38.6 Å². The lowest BCUT2D eigenvalue weighted by atomic mass is 10.1. The Morgan fingerprint density at radius 1 is 1.16 bits per heavy atom. The average Bonchev–Trinajstić information content (AvgIpc) is 3.41. The number of nitrogens with one attached hydrogen (secondary N) is 2. The number of aryl methyl sites for hydroxylation is 1. The van der Waals surface area contributed by atoms with Gasteiger partial charge in [-0.1, -0.05) is 36.7 Å². The Balaban J connectivity index is 0.00000341. The van der Waals surface area contributed by atoms with Gasteiger partial charge in [-0.25, -0.2) is 4.39 Å². The summed E-state index contributed by atoms with van der Waals surface area (Å²) in [6.07, 6.45) is 9.80. The second-order valence-electron chi connectivity index (χ2n) is 7.58. The van der Waals surface area contributed by atoms with Crippen molar-refractivity contribution in [2.75, 3.05) is 25.9 Å². The van der Waals surface area contributed by atoms with E-state index in [0.717, 1.165) is 61.4 Å². The standard InChI is InChI=1S/C22H33FN6S.HI/c1-3-24-21(26-16-14-17-10-12-18(23)13-11-17)25-15-6-9-20-27-28-22(30-2)29(20)19-7-4-5-8-19;/h10-13,19H,3-9,14-16H2,1-2H3,(H2,24,25,26);1H. The highest BCUT2D eigenvalue weighted by molar-refractivity contribution is 14.0. The first kappa shape index (κ1) is 25.9. The van der Waals surface area contributed by atoms with Gasteiger partial charge in [-0.3, -0.25) is 4.99 Å². The minimum Gasteiger partial charge on any atom is -0.357 e. The van der Waals surface area contributed by atoms with E-state index in [9.17, 15) is 4.39 Å². The molecule has 0 amide bonds. The predicted octanol–water partition coefficient (Wildman–Crippen LogP) is 4.60. The Morgan fingerprint density at radius 3 is 2.58 bits per heavy atom. The number of hydrogen-bond acceptors (Lipinski definition) is 4. The Hall–Kier alpha value is -1.36. The highest BCUT2D eigenvalue weighted by atomic mass is 127. The van der Waals surface area contributed by atoms with Crippen LogP contribution in [-0.2, 0) is 12.8 Å². The van der Waals surface area contributed by atoms with Crippen LogP contribution in [0.3, 0.4) is 0 Å². The zero-order valence-electron chi connectivity index (χ0n) is 18.4. The molecular weight excluding hydrogens is 526 g/mol. The van der Waals surface area contributed by atoms with Crippen LogP contribution in [0.2, 0.25) is 0 Å². The summed E-state index contributed by atoms with van der Waals surface area (Å²) in [5.41, 5.74) is 1.11. The Labute approximate surface area is 206 Å². The lowest BCUT2D eigenvalue weighted by Crippen LogP contribution is -2.38. The first-order chi connectivity index (χ1) is 14.7. The van der Waals surface area contributed by atoms with Crippen LogP contribution in [0.25, 0.3) is 0 Å². The molecule has 1 aliphatic carbocycles. The highest BCUT2D eigenvalue weighted by Crippen LogP contribution is 2.33. The van der Waals surface area contributed by atoms with Crippen molar-refractivity contribution < 1.29 is 4.39 Å². The molecule has 1 heterocycles. The molecule has 1 aliphatic rings. The summed E-state index contributed by atoms with van der Waals surface area (Å²) >= 11 is 1.68. The molecule has 172 valence electrons. The van der Waals surface area contributed by atoms with E-state index in [1.165, 1.54) is 37.8 Å². The molecule has 9 heteroatoms. The number of thioether (sulfide) groups is 1. The summed E-state index contributed by atoms with van der Waals surface area (Å²) in [5, 5.41) is 16.5. The van der Waals surface area contributed by atoms with Gasteiger partial charge >= 0.3 is 0 Å². The summed E-state index contributed by atoms with van der Waals surface area (Å²) < 4.78 is 15.4. The zero-order valence-corrected chi connectivity index (χ0v) is 21.6. The molecule has 0 radical (unpaired) electrons. The first-order valence-electron chi connectivity index (χ1n) is 11.0. The number of guanidine groups is 1. The fourth-order valence-electron chi connectivity index (χ4n) is 3.89. The molecule has 2 N–H and O–H groups in total. The Kier molecular flexibility index (Phi) is 11.6. The molecule has 0 spiro atoms. The van der Waals surface area contributed by atoms with Crippen molar-refractivity contribution in [1.29, 1.82) is 0 Å². The monoisotopic (exact) mass is 560 g/mol. The van der Waals surface area contributed by atoms with Crippen LogP contribution in [0.15, 0.2) is 34.4 Å². The SMILES string of the molecule is CCNC(=NCCCc1nnc(SC)n1C1CCCC1)NCCc1ccc(F)cc1.I. The average molecular weight is 561 g/mol. The molecule has 0 unspecified atom stereocenters. The molecule has 3 rings (SSSR count). The second kappa shape index (κ2) is 13.9. The molecule has 0 bridgehead atoms. The first-order valence-corrected chi connectivity index (χ1v) is 12.2. The normalized spacial score (nSPS) is 14.5. The van der Waals surface area contributed by atoms with Gasteiger partial charge in [-0.15, -0.1) is 34.2 Å². The number of nitrogens with zero attached hydrogens (tertiary/aromatic N) is 4. The number of aliphatic imine (C=N–C) groups is 1. The topological polar surface area (TPSA) is 67.1 Å². The minimum atomic E-state index is -0.199. The van der Waals surface area contributed by atoms with Gasteiger partial charge in [0.05, 0.1) is 0 Å². The van der Waals surface area contributed by atoms with Gasteiger partial charge in [0.2, 0.25) is 0 Å². The van der Waals surface area contributed by atoms with Crippen LogP contribution in [0.4, 0.5) is 4.39 Å². The Morgan fingerprint density at radius 2 is 1.90 bits per heavy atom. The molecule has 1 saturated carbocycles. The summed E-state index contributed by atoms with van der Waals surface area (Å²) in [7, 11) is 0. The molecule has 1 aromatic carbocycles. The van der Waals surface area contributed by atoms with Crippen molar-refractivity contribution in [2.45, 2.75) is 63.1 Å². The number of hydrogen-bond donors (Lipinski definition) is 2. The van der Waals surface area contributed by atoms with Gasteiger partial charge in [-0.2, -0.15) is 0 Å². The highest BCUT2D eigenvalue weighted by Gasteiger charge is 2.23. The van der Waals surface area contributed by atoms with Crippen LogP contribution in [0.5, 0.6) is 0 Å². The van der Waals surface area contributed by atoms with Gasteiger partial charge < -0.3 is 15.2 Å². The molecule has 0 aliphatic heterocycles. The minimum absolute atomic E-state index is 0. The molecule has 2 aromatic rings. The lowest BCUT2D eigenvalue weighted by Gasteiger charge is -2.16. The largest absolute Gasteiger partial charge is 0.357 e. The van der Waals surface area contributed by atoms with Gasteiger partial charge in [0.1, 0.15) is 11.6 Å². The van der Waals surface area contributed by atoms with E-state index in [1.54, 1.807) is 11.8 Å². The van der Waals surface area contributed by atoms with Crippen molar-refractivity contribution in [1.82, 2.24) is 25.4 Å². The number of halogens is 2. The van der Waals surface area contributed by atoms with Crippen molar-refractivity contribution in [3.63, 3.8) is 0 Å². The van der Waals surface area contributed by atoms with E-state index in [-0.39, 0.29) is 29.8 Å². The van der Waals surface area contributed by atoms with E-state index >= 15 is 0 Å². The van der Waals surface area contributed by atoms with Crippen LogP contribution in [0, 0.1) is 5.82 Å². The summed E-state index contributed by atoms with van der Waals surface area (Å²) in [4.78, 5) is 4.70. The number of aromatic nitrogens is 3. The maximum Gasteiger partial charge on any atom is 0.191 e. The van der Waals surface area contributed by atoms with E-state index in [4.69, 9.17) is 4.99 Å². The number of rotatable bonds is 10. The predicted molar refractivity (Wildman–Crippen MR) is 137 cm³/mol. The molecule has 0 saturated heterocycles. The summed E-state index contributed by atoms with van der Waals surface area (Å²) in [6, 6.07) is 7.21. The van der Waals surface area contributed by atoms with Crippen LogP contribution in [-0.4, -0.2) is 46.6 Å². The number of benzene rings is 1. The Bertz CT molecular complexity index is 805. The van der Waals surface area contributed by atoms with Gasteiger partial charge in [-0.05, 0) is 56.6 Å². The van der Waals surface area contributed by atoms with Crippen molar-refractivity contribution in [3.05, 3.63) is 41.5 Å². The summed E-state index contributed by atoms with van der Waals surface area (Å²) in [5.74, 6) is 1.72. The maximum atomic E-state index is 13.0. The van der Waals surface area contributed by atoms with E-state index in [0.29, 0.717) is 6.04 Å². The van der Waals surface area contributed by atoms with Crippen LogP contribution < -0.4 is 10.6 Å². The third kappa shape index (κ3) is 7.93. The molecule has 6 nitrogen and oxygen atoms in total. The third-order valence-electron chi connectivity index (χ3n) is 5.40.